The molecule has 0 N–H and O–H groups in total. The lowest BCUT2D eigenvalue weighted by atomic mass is 10.0. The number of unbranched alkanes of at least 4 members (excludes halogenated alkanes) is 1. The molecule has 16 heavy (non-hydrogen) atoms. The Labute approximate surface area is 101 Å². The lowest BCUT2D eigenvalue weighted by Gasteiger charge is -2.23. The van der Waals surface area contributed by atoms with Crippen LogP contribution >= 0.6 is 0 Å². The van der Waals surface area contributed by atoms with Gasteiger partial charge in [-0.25, -0.2) is 0 Å². The van der Waals surface area contributed by atoms with Gasteiger partial charge in [0.2, 0.25) is 0 Å². The molecular formula is C14H29NO. The number of carbonyl (C=O) groups is 1. The van der Waals surface area contributed by atoms with Gasteiger partial charge in [0.05, 0.1) is 0 Å². The molecule has 0 bridgehead atoms. The SMILES string of the molecule is CCCCC(=O)CCCC(CCC)N(C)C. The Bertz CT molecular complexity index is 178. The highest BCUT2D eigenvalue weighted by atomic mass is 16.1. The molecule has 0 aromatic carbocycles. The van der Waals surface area contributed by atoms with E-state index in [4.69, 9.17) is 0 Å². The average Bonchev–Trinajstić information content (AvgIpc) is 2.25. The second-order valence-corrected chi connectivity index (χ2v) is 4.94. The second-order valence-electron chi connectivity index (χ2n) is 4.94. The largest absolute Gasteiger partial charge is 0.306 e. The van der Waals surface area contributed by atoms with E-state index in [1.807, 2.05) is 0 Å². The first-order valence-electron chi connectivity index (χ1n) is 6.79. The van der Waals surface area contributed by atoms with Crippen LogP contribution in [0.4, 0.5) is 0 Å². The van der Waals surface area contributed by atoms with Crippen molar-refractivity contribution in [2.75, 3.05) is 14.1 Å². The highest BCUT2D eigenvalue weighted by molar-refractivity contribution is 5.78. The summed E-state index contributed by atoms with van der Waals surface area (Å²) in [5.74, 6) is 0.454. The van der Waals surface area contributed by atoms with Crippen LogP contribution in [-0.4, -0.2) is 30.8 Å². The molecule has 0 spiro atoms. The number of rotatable bonds is 10. The van der Waals surface area contributed by atoms with Crippen LogP contribution in [0.3, 0.4) is 0 Å². The summed E-state index contributed by atoms with van der Waals surface area (Å²) in [4.78, 5) is 13.8. The monoisotopic (exact) mass is 227 g/mol. The number of hydrogen-bond acceptors (Lipinski definition) is 2. The van der Waals surface area contributed by atoms with Crippen molar-refractivity contribution in [3.63, 3.8) is 0 Å². The highest BCUT2D eigenvalue weighted by Gasteiger charge is 2.10. The van der Waals surface area contributed by atoms with Crippen LogP contribution < -0.4 is 0 Å². The smallest absolute Gasteiger partial charge is 0.132 e. The molecular weight excluding hydrogens is 198 g/mol. The van der Waals surface area contributed by atoms with Crippen LogP contribution in [0.2, 0.25) is 0 Å². The predicted octanol–water partition coefficient (Wildman–Crippen LogP) is 3.65. The number of ketones is 1. The van der Waals surface area contributed by atoms with Crippen molar-refractivity contribution in [3.05, 3.63) is 0 Å². The number of hydrogen-bond donors (Lipinski definition) is 0. The van der Waals surface area contributed by atoms with E-state index < -0.39 is 0 Å². The molecule has 96 valence electrons. The van der Waals surface area contributed by atoms with Gasteiger partial charge in [0.1, 0.15) is 5.78 Å². The molecule has 0 aliphatic carbocycles. The van der Waals surface area contributed by atoms with Crippen molar-refractivity contribution in [3.8, 4) is 0 Å². The summed E-state index contributed by atoms with van der Waals surface area (Å²) < 4.78 is 0. The fourth-order valence-electron chi connectivity index (χ4n) is 2.03. The minimum Gasteiger partial charge on any atom is -0.306 e. The Kier molecular flexibility index (Phi) is 9.60. The fraction of sp³-hybridized carbons (Fsp3) is 0.929. The van der Waals surface area contributed by atoms with Gasteiger partial charge in [-0.3, -0.25) is 4.79 Å². The minimum atomic E-state index is 0.454. The molecule has 0 heterocycles. The highest BCUT2D eigenvalue weighted by Crippen LogP contribution is 2.12. The quantitative estimate of drug-likeness (QED) is 0.568. The van der Waals surface area contributed by atoms with Crippen LogP contribution in [0.5, 0.6) is 0 Å². The average molecular weight is 227 g/mol. The predicted molar refractivity (Wildman–Crippen MR) is 70.8 cm³/mol. The Hall–Kier alpha value is -0.370. The Balaban J connectivity index is 3.64. The maximum Gasteiger partial charge on any atom is 0.132 e. The fourth-order valence-corrected chi connectivity index (χ4v) is 2.03. The van der Waals surface area contributed by atoms with Gasteiger partial charge in [-0.05, 0) is 39.8 Å². The van der Waals surface area contributed by atoms with Gasteiger partial charge in [-0.2, -0.15) is 0 Å². The summed E-state index contributed by atoms with van der Waals surface area (Å²) in [7, 11) is 4.28. The van der Waals surface area contributed by atoms with Crippen molar-refractivity contribution >= 4 is 5.78 Å². The summed E-state index contributed by atoms with van der Waals surface area (Å²) >= 11 is 0. The summed E-state index contributed by atoms with van der Waals surface area (Å²) in [6, 6.07) is 0.656. The minimum absolute atomic E-state index is 0.454. The Morgan fingerprint density at radius 1 is 1.00 bits per heavy atom. The van der Waals surface area contributed by atoms with E-state index in [0.717, 1.165) is 32.1 Å². The van der Waals surface area contributed by atoms with Crippen LogP contribution in [-0.2, 0) is 4.79 Å². The van der Waals surface area contributed by atoms with Gasteiger partial charge in [0.15, 0.2) is 0 Å². The van der Waals surface area contributed by atoms with Crippen LogP contribution in [0, 0.1) is 0 Å². The molecule has 0 aromatic rings. The lowest BCUT2D eigenvalue weighted by Crippen LogP contribution is -2.27. The maximum atomic E-state index is 11.5. The van der Waals surface area contributed by atoms with E-state index in [0.29, 0.717) is 11.8 Å². The van der Waals surface area contributed by atoms with Gasteiger partial charge in [0.25, 0.3) is 0 Å². The molecule has 2 heteroatoms. The zero-order valence-electron chi connectivity index (χ0n) is 11.6. The molecule has 1 unspecified atom stereocenters. The zero-order chi connectivity index (χ0) is 12.4. The van der Waals surface area contributed by atoms with Gasteiger partial charge in [-0.15, -0.1) is 0 Å². The van der Waals surface area contributed by atoms with Gasteiger partial charge < -0.3 is 4.90 Å². The van der Waals surface area contributed by atoms with Gasteiger partial charge >= 0.3 is 0 Å². The van der Waals surface area contributed by atoms with Crippen LogP contribution in [0.15, 0.2) is 0 Å². The van der Waals surface area contributed by atoms with Crippen LogP contribution in [0.1, 0.15) is 65.2 Å². The van der Waals surface area contributed by atoms with E-state index in [1.54, 1.807) is 0 Å². The maximum absolute atomic E-state index is 11.5. The summed E-state index contributed by atoms with van der Waals surface area (Å²) in [5.41, 5.74) is 0. The summed E-state index contributed by atoms with van der Waals surface area (Å²) in [6.45, 7) is 4.36. The molecule has 0 amide bonds. The molecule has 0 rings (SSSR count). The van der Waals surface area contributed by atoms with E-state index in [1.165, 1.54) is 19.3 Å². The lowest BCUT2D eigenvalue weighted by molar-refractivity contribution is -0.119. The van der Waals surface area contributed by atoms with E-state index in [9.17, 15) is 4.79 Å². The van der Waals surface area contributed by atoms with Crippen molar-refractivity contribution < 1.29 is 4.79 Å². The molecule has 1 atom stereocenters. The number of Topliss-reactive ketones (excluding diaryl/α,β-unsaturated/α-hetero) is 1. The van der Waals surface area contributed by atoms with Crippen molar-refractivity contribution in [1.82, 2.24) is 4.90 Å². The molecule has 0 saturated heterocycles. The number of carbonyl (C=O) groups excluding carboxylic acids is 1. The molecule has 0 radical (unpaired) electrons. The normalized spacial score (nSPS) is 13.1. The first-order valence-corrected chi connectivity index (χ1v) is 6.79. The summed E-state index contributed by atoms with van der Waals surface area (Å²) in [6.07, 6.45) is 8.46. The van der Waals surface area contributed by atoms with Gasteiger partial charge in [0, 0.05) is 18.9 Å². The third-order valence-corrected chi connectivity index (χ3v) is 3.15. The topological polar surface area (TPSA) is 20.3 Å². The third kappa shape index (κ3) is 7.86. The molecule has 0 aliphatic heterocycles. The molecule has 2 nitrogen and oxygen atoms in total. The van der Waals surface area contributed by atoms with Crippen molar-refractivity contribution in [1.29, 1.82) is 0 Å². The Morgan fingerprint density at radius 2 is 1.62 bits per heavy atom. The number of nitrogens with zero attached hydrogens (tertiary/aromatic N) is 1. The Morgan fingerprint density at radius 3 is 2.12 bits per heavy atom. The van der Waals surface area contributed by atoms with Crippen LogP contribution in [0.25, 0.3) is 0 Å². The second kappa shape index (κ2) is 9.83. The van der Waals surface area contributed by atoms with E-state index in [2.05, 4.69) is 32.8 Å². The molecule has 0 aromatic heterocycles. The van der Waals surface area contributed by atoms with Crippen molar-refractivity contribution in [2.24, 2.45) is 0 Å². The third-order valence-electron chi connectivity index (χ3n) is 3.15. The molecule has 0 saturated carbocycles. The molecule has 0 fully saturated rings. The first-order chi connectivity index (χ1) is 7.61. The van der Waals surface area contributed by atoms with E-state index in [-0.39, 0.29) is 0 Å². The first kappa shape index (κ1) is 15.6. The summed E-state index contributed by atoms with van der Waals surface area (Å²) in [5, 5.41) is 0. The van der Waals surface area contributed by atoms with Crippen molar-refractivity contribution in [2.45, 2.75) is 71.3 Å². The zero-order valence-corrected chi connectivity index (χ0v) is 11.6. The van der Waals surface area contributed by atoms with Gasteiger partial charge in [-0.1, -0.05) is 26.7 Å². The van der Waals surface area contributed by atoms with E-state index >= 15 is 0 Å². The standard InChI is InChI=1S/C14H29NO/c1-5-7-11-14(16)12-8-10-13(9-6-2)15(3)4/h13H,5-12H2,1-4H3. The molecule has 0 aliphatic rings.